The summed E-state index contributed by atoms with van der Waals surface area (Å²) in [6, 6.07) is 0.285. The van der Waals surface area contributed by atoms with E-state index in [-0.39, 0.29) is 6.04 Å². The lowest BCUT2D eigenvalue weighted by molar-refractivity contribution is 0.356. The molecule has 0 aliphatic heterocycles. The largest absolute Gasteiger partial charge is 0.393 e. The van der Waals surface area contributed by atoms with Crippen molar-refractivity contribution in [2.45, 2.75) is 26.3 Å². The van der Waals surface area contributed by atoms with Gasteiger partial charge in [-0.3, -0.25) is 0 Å². The van der Waals surface area contributed by atoms with Crippen LogP contribution < -0.4 is 11.1 Å². The maximum absolute atomic E-state index is 5.88. The molecule has 0 aliphatic carbocycles. The highest BCUT2D eigenvalue weighted by Gasteiger charge is 2.15. The van der Waals surface area contributed by atoms with Crippen molar-refractivity contribution >= 4 is 23.1 Å². The van der Waals surface area contributed by atoms with Gasteiger partial charge in [-0.1, -0.05) is 25.4 Å². The Morgan fingerprint density at radius 1 is 1.39 bits per heavy atom. The number of hydrogen-bond acceptors (Lipinski definition) is 5. The molecule has 1 aromatic rings. The standard InChI is InChI=1S/C12H22ClN5/c1-8(2)5-9(6-18(3)4)17-12-10(14)11(13)15-7-16-12/h7-9H,5-6,14H2,1-4H3,(H,15,16,17). The molecular weight excluding hydrogens is 250 g/mol. The molecule has 0 amide bonds. The van der Waals surface area contributed by atoms with Crippen LogP contribution in [0, 0.1) is 5.92 Å². The summed E-state index contributed by atoms with van der Waals surface area (Å²) in [6.45, 7) is 5.31. The number of hydrogen-bond donors (Lipinski definition) is 2. The zero-order valence-electron chi connectivity index (χ0n) is 11.4. The number of likely N-dealkylation sites (N-methyl/N-ethyl adjacent to an activating group) is 1. The van der Waals surface area contributed by atoms with Crippen LogP contribution in [0.15, 0.2) is 6.33 Å². The van der Waals surface area contributed by atoms with Gasteiger partial charge in [-0.15, -0.1) is 0 Å². The first-order chi connectivity index (χ1) is 8.40. The second-order valence-corrected chi connectivity index (χ2v) is 5.52. The summed E-state index contributed by atoms with van der Waals surface area (Å²) in [5, 5.41) is 3.64. The van der Waals surface area contributed by atoms with Crippen LogP contribution in [0.2, 0.25) is 5.15 Å². The molecule has 0 radical (unpaired) electrons. The molecular formula is C12H22ClN5. The molecule has 102 valence electrons. The van der Waals surface area contributed by atoms with Crippen molar-refractivity contribution in [3.8, 4) is 0 Å². The Morgan fingerprint density at radius 3 is 2.61 bits per heavy atom. The van der Waals surface area contributed by atoms with E-state index in [4.69, 9.17) is 17.3 Å². The Kier molecular flexibility index (Phi) is 5.62. The van der Waals surface area contributed by atoms with E-state index in [1.165, 1.54) is 6.33 Å². The molecule has 1 rings (SSSR count). The number of nitrogens with zero attached hydrogens (tertiary/aromatic N) is 3. The third-order valence-corrected chi connectivity index (χ3v) is 2.82. The molecule has 0 bridgehead atoms. The van der Waals surface area contributed by atoms with E-state index in [2.05, 4.69) is 34.0 Å². The van der Waals surface area contributed by atoms with E-state index in [9.17, 15) is 0 Å². The van der Waals surface area contributed by atoms with Gasteiger partial charge in [-0.25, -0.2) is 9.97 Å². The van der Waals surface area contributed by atoms with Gasteiger partial charge in [-0.05, 0) is 26.4 Å². The number of aromatic nitrogens is 2. The summed E-state index contributed by atoms with van der Waals surface area (Å²) in [5.41, 5.74) is 6.27. The lowest BCUT2D eigenvalue weighted by atomic mass is 10.0. The van der Waals surface area contributed by atoms with Gasteiger partial charge in [0.1, 0.15) is 12.0 Å². The molecule has 0 aliphatic rings. The van der Waals surface area contributed by atoms with Crippen LogP contribution in [0.1, 0.15) is 20.3 Å². The zero-order chi connectivity index (χ0) is 13.7. The van der Waals surface area contributed by atoms with E-state index in [0.29, 0.717) is 22.6 Å². The van der Waals surface area contributed by atoms with Crippen molar-refractivity contribution in [3.63, 3.8) is 0 Å². The van der Waals surface area contributed by atoms with Crippen LogP contribution in [0.25, 0.3) is 0 Å². The maximum Gasteiger partial charge on any atom is 0.157 e. The molecule has 3 N–H and O–H groups in total. The van der Waals surface area contributed by atoms with Crippen LogP contribution in [0.4, 0.5) is 11.5 Å². The number of anilines is 2. The van der Waals surface area contributed by atoms with E-state index in [1.807, 2.05) is 14.1 Å². The normalized spacial score (nSPS) is 13.1. The minimum atomic E-state index is 0.285. The van der Waals surface area contributed by atoms with Gasteiger partial charge in [0.25, 0.3) is 0 Å². The second kappa shape index (κ2) is 6.75. The van der Waals surface area contributed by atoms with E-state index < -0.39 is 0 Å². The average molecular weight is 272 g/mol. The summed E-state index contributed by atoms with van der Waals surface area (Å²) >= 11 is 5.88. The average Bonchev–Trinajstić information content (AvgIpc) is 2.23. The summed E-state index contributed by atoms with van der Waals surface area (Å²) in [7, 11) is 4.09. The van der Waals surface area contributed by atoms with Crippen LogP contribution >= 0.6 is 11.6 Å². The molecule has 0 saturated heterocycles. The van der Waals surface area contributed by atoms with E-state index in [1.54, 1.807) is 0 Å². The van der Waals surface area contributed by atoms with Crippen LogP contribution in [0.5, 0.6) is 0 Å². The monoisotopic (exact) mass is 271 g/mol. The van der Waals surface area contributed by atoms with Gasteiger partial charge >= 0.3 is 0 Å². The fraction of sp³-hybridized carbons (Fsp3) is 0.667. The van der Waals surface area contributed by atoms with Crippen molar-refractivity contribution in [3.05, 3.63) is 11.5 Å². The fourth-order valence-corrected chi connectivity index (χ4v) is 2.00. The Morgan fingerprint density at radius 2 is 2.06 bits per heavy atom. The van der Waals surface area contributed by atoms with Gasteiger partial charge in [0, 0.05) is 12.6 Å². The molecule has 0 fully saturated rings. The summed E-state index contributed by atoms with van der Waals surface area (Å²) < 4.78 is 0. The molecule has 1 unspecified atom stereocenters. The summed E-state index contributed by atoms with van der Waals surface area (Å²) in [4.78, 5) is 10.1. The van der Waals surface area contributed by atoms with Crippen molar-refractivity contribution < 1.29 is 0 Å². The number of halogens is 1. The highest BCUT2D eigenvalue weighted by Crippen LogP contribution is 2.23. The molecule has 6 heteroatoms. The molecule has 1 atom stereocenters. The number of nitrogen functional groups attached to an aromatic ring is 1. The van der Waals surface area contributed by atoms with Crippen LogP contribution in [-0.2, 0) is 0 Å². The van der Waals surface area contributed by atoms with Crippen molar-refractivity contribution in [1.29, 1.82) is 0 Å². The minimum Gasteiger partial charge on any atom is -0.393 e. The molecule has 1 aromatic heterocycles. The topological polar surface area (TPSA) is 67.1 Å². The van der Waals surface area contributed by atoms with Crippen molar-refractivity contribution in [2.75, 3.05) is 31.7 Å². The van der Waals surface area contributed by atoms with Gasteiger partial charge in [-0.2, -0.15) is 0 Å². The van der Waals surface area contributed by atoms with Gasteiger partial charge in [0.15, 0.2) is 11.0 Å². The molecule has 18 heavy (non-hydrogen) atoms. The zero-order valence-corrected chi connectivity index (χ0v) is 12.2. The maximum atomic E-state index is 5.88. The Hall–Kier alpha value is -1.07. The lowest BCUT2D eigenvalue weighted by Gasteiger charge is -2.25. The summed E-state index contributed by atoms with van der Waals surface area (Å²) in [5.74, 6) is 1.21. The van der Waals surface area contributed by atoms with E-state index in [0.717, 1.165) is 13.0 Å². The first kappa shape index (κ1) is 15.0. The Balaban J connectivity index is 2.78. The minimum absolute atomic E-state index is 0.285. The Bertz CT molecular complexity index is 371. The van der Waals surface area contributed by atoms with E-state index >= 15 is 0 Å². The van der Waals surface area contributed by atoms with Crippen LogP contribution in [-0.4, -0.2) is 41.5 Å². The van der Waals surface area contributed by atoms with Crippen molar-refractivity contribution in [2.24, 2.45) is 5.92 Å². The van der Waals surface area contributed by atoms with Gasteiger partial charge in [0.2, 0.25) is 0 Å². The molecule has 0 aromatic carbocycles. The first-order valence-corrected chi connectivity index (χ1v) is 6.45. The van der Waals surface area contributed by atoms with Gasteiger partial charge in [0.05, 0.1) is 0 Å². The SMILES string of the molecule is CC(C)CC(CN(C)C)Nc1ncnc(Cl)c1N. The smallest absolute Gasteiger partial charge is 0.157 e. The van der Waals surface area contributed by atoms with Crippen LogP contribution in [0.3, 0.4) is 0 Å². The molecule has 5 nitrogen and oxygen atoms in total. The molecule has 1 heterocycles. The lowest BCUT2D eigenvalue weighted by Crippen LogP contribution is -2.34. The highest BCUT2D eigenvalue weighted by atomic mass is 35.5. The van der Waals surface area contributed by atoms with Gasteiger partial charge < -0.3 is 16.0 Å². The predicted octanol–water partition coefficient (Wildman–Crippen LogP) is 2.10. The predicted molar refractivity (Wildman–Crippen MR) is 76.9 cm³/mol. The summed E-state index contributed by atoms with van der Waals surface area (Å²) in [6.07, 6.45) is 2.46. The third-order valence-electron chi connectivity index (χ3n) is 2.52. The third kappa shape index (κ3) is 4.66. The quantitative estimate of drug-likeness (QED) is 0.776. The molecule has 0 spiro atoms. The fourth-order valence-electron chi connectivity index (χ4n) is 1.87. The first-order valence-electron chi connectivity index (χ1n) is 6.07. The molecule has 0 saturated carbocycles. The number of rotatable bonds is 6. The number of nitrogens with two attached hydrogens (primary N) is 1. The van der Waals surface area contributed by atoms with Crippen molar-refractivity contribution in [1.82, 2.24) is 14.9 Å². The Labute approximate surface area is 114 Å². The number of nitrogens with one attached hydrogen (secondary N) is 1. The highest BCUT2D eigenvalue weighted by molar-refractivity contribution is 6.32. The second-order valence-electron chi connectivity index (χ2n) is 5.16.